The Kier molecular flexibility index (Phi) is 7.20. The molecular weight excluding hydrogens is 392 g/mol. The lowest BCUT2D eigenvalue weighted by Crippen LogP contribution is -2.37. The number of carbonyl (C=O) groups excluding carboxylic acids is 3. The molecule has 1 fully saturated rings. The van der Waals surface area contributed by atoms with E-state index in [0.29, 0.717) is 10.8 Å². The lowest BCUT2D eigenvalue weighted by molar-refractivity contribution is -0.154. The van der Waals surface area contributed by atoms with Crippen LogP contribution in [-0.4, -0.2) is 53.6 Å². The topological polar surface area (TPSA) is 110 Å². The number of rotatable bonds is 7. The molecule has 2 atom stereocenters. The maximum Gasteiger partial charge on any atom is 0.329 e. The van der Waals surface area contributed by atoms with Crippen LogP contribution in [0.5, 0.6) is 0 Å². The lowest BCUT2D eigenvalue weighted by atomic mass is 10.2. The molecule has 0 bridgehead atoms. The predicted molar refractivity (Wildman–Crippen MR) is 104 cm³/mol. The van der Waals surface area contributed by atoms with Gasteiger partial charge in [-0.1, -0.05) is 0 Å². The van der Waals surface area contributed by atoms with Crippen LogP contribution >= 0.6 is 24.0 Å². The maximum atomic E-state index is 12.3. The average molecular weight is 417 g/mol. The quantitative estimate of drug-likeness (QED) is 0.443. The van der Waals surface area contributed by atoms with Crippen molar-refractivity contribution in [3.05, 3.63) is 11.1 Å². The number of anilines is 1. The van der Waals surface area contributed by atoms with Crippen LogP contribution in [-0.2, 0) is 23.9 Å². The second-order valence-corrected chi connectivity index (χ2v) is 8.05. The van der Waals surface area contributed by atoms with Gasteiger partial charge in [-0.15, -0.1) is 24.0 Å². The number of thiol groups is 1. The van der Waals surface area contributed by atoms with Gasteiger partial charge in [-0.05, 0) is 27.7 Å². The molecule has 27 heavy (non-hydrogen) atoms. The van der Waals surface area contributed by atoms with Crippen molar-refractivity contribution in [1.82, 2.24) is 15.6 Å². The SMILES string of the molecule is CCOC(=O)C(NCC(=O)OC(C)(C)C)c1csc(N2C(=O)CNC2S)n1. The number of amides is 1. The van der Waals surface area contributed by atoms with Crippen molar-refractivity contribution in [3.8, 4) is 0 Å². The summed E-state index contributed by atoms with van der Waals surface area (Å²) in [5.41, 5.74) is -0.749. The van der Waals surface area contributed by atoms with Crippen molar-refractivity contribution >= 4 is 46.9 Å². The highest BCUT2D eigenvalue weighted by molar-refractivity contribution is 7.81. The van der Waals surface area contributed by atoms with Gasteiger partial charge in [-0.25, -0.2) is 9.78 Å². The first-order chi connectivity index (χ1) is 12.6. The van der Waals surface area contributed by atoms with Crippen molar-refractivity contribution < 1.29 is 23.9 Å². The number of hydrogen-bond donors (Lipinski definition) is 3. The first-order valence-corrected chi connectivity index (χ1v) is 9.82. The van der Waals surface area contributed by atoms with Crippen LogP contribution in [0.25, 0.3) is 0 Å². The molecule has 2 heterocycles. The highest BCUT2D eigenvalue weighted by Crippen LogP contribution is 2.28. The number of ether oxygens (including phenoxy) is 2. The zero-order valence-corrected chi connectivity index (χ0v) is 17.4. The summed E-state index contributed by atoms with van der Waals surface area (Å²) in [6.45, 7) is 7.14. The third-order valence-electron chi connectivity index (χ3n) is 3.35. The van der Waals surface area contributed by atoms with E-state index in [-0.39, 0.29) is 25.6 Å². The van der Waals surface area contributed by atoms with Crippen LogP contribution in [0.3, 0.4) is 0 Å². The molecule has 150 valence electrons. The van der Waals surface area contributed by atoms with Crippen LogP contribution in [0.1, 0.15) is 39.4 Å². The largest absolute Gasteiger partial charge is 0.465 e. The molecule has 1 aromatic rings. The van der Waals surface area contributed by atoms with Crippen molar-refractivity contribution in [3.63, 3.8) is 0 Å². The Hall–Kier alpha value is -1.69. The summed E-state index contributed by atoms with van der Waals surface area (Å²) in [7, 11) is 0. The van der Waals surface area contributed by atoms with E-state index in [2.05, 4.69) is 28.2 Å². The molecule has 0 aromatic carbocycles. The molecule has 1 aliphatic rings. The number of hydrogen-bond acceptors (Lipinski definition) is 10. The highest BCUT2D eigenvalue weighted by Gasteiger charge is 2.33. The molecule has 1 aromatic heterocycles. The maximum absolute atomic E-state index is 12.3. The molecule has 1 saturated heterocycles. The van der Waals surface area contributed by atoms with Gasteiger partial charge in [0.2, 0.25) is 5.91 Å². The fourth-order valence-electron chi connectivity index (χ4n) is 2.32. The molecule has 2 N–H and O–H groups in total. The fraction of sp³-hybridized carbons (Fsp3) is 0.625. The molecule has 1 aliphatic heterocycles. The summed E-state index contributed by atoms with van der Waals surface area (Å²) < 4.78 is 10.3. The van der Waals surface area contributed by atoms with Crippen molar-refractivity contribution in [2.75, 3.05) is 24.6 Å². The van der Waals surface area contributed by atoms with Gasteiger partial charge in [0.25, 0.3) is 0 Å². The Morgan fingerprint density at radius 3 is 2.78 bits per heavy atom. The summed E-state index contributed by atoms with van der Waals surface area (Å²) in [6.07, 6.45) is 0. The van der Waals surface area contributed by atoms with Crippen molar-refractivity contribution in [2.24, 2.45) is 0 Å². The number of aromatic nitrogens is 1. The number of nitrogens with one attached hydrogen (secondary N) is 2. The van der Waals surface area contributed by atoms with Gasteiger partial charge in [-0.3, -0.25) is 25.1 Å². The summed E-state index contributed by atoms with van der Waals surface area (Å²) in [5.74, 6) is -1.22. The second-order valence-electron chi connectivity index (χ2n) is 6.73. The van der Waals surface area contributed by atoms with Crippen molar-refractivity contribution in [2.45, 2.75) is 44.8 Å². The molecule has 11 heteroatoms. The smallest absolute Gasteiger partial charge is 0.329 e. The Morgan fingerprint density at radius 2 is 2.22 bits per heavy atom. The molecule has 9 nitrogen and oxygen atoms in total. The van der Waals surface area contributed by atoms with Crippen LogP contribution < -0.4 is 15.5 Å². The molecule has 0 aliphatic carbocycles. The minimum atomic E-state index is -0.952. The summed E-state index contributed by atoms with van der Waals surface area (Å²) >= 11 is 5.50. The summed E-state index contributed by atoms with van der Waals surface area (Å²) in [5, 5.41) is 7.78. The van der Waals surface area contributed by atoms with Gasteiger partial charge >= 0.3 is 11.9 Å². The third kappa shape index (κ3) is 5.89. The Balaban J connectivity index is 2.13. The van der Waals surface area contributed by atoms with Gasteiger partial charge in [-0.2, -0.15) is 0 Å². The van der Waals surface area contributed by atoms with E-state index in [9.17, 15) is 14.4 Å². The average Bonchev–Trinajstić information content (AvgIpc) is 3.13. The number of carbonyl (C=O) groups is 3. The first kappa shape index (κ1) is 21.6. The summed E-state index contributed by atoms with van der Waals surface area (Å²) in [6, 6.07) is -0.952. The molecule has 1 amide bonds. The van der Waals surface area contributed by atoms with Gasteiger partial charge in [0.05, 0.1) is 25.4 Å². The number of esters is 2. The van der Waals surface area contributed by atoms with Gasteiger partial charge in [0.1, 0.15) is 17.1 Å². The van der Waals surface area contributed by atoms with E-state index in [1.807, 2.05) is 0 Å². The zero-order chi connectivity index (χ0) is 20.2. The van der Waals surface area contributed by atoms with Crippen LogP contribution in [0, 0.1) is 0 Å². The number of thiazole rings is 1. The third-order valence-corrected chi connectivity index (χ3v) is 4.63. The zero-order valence-electron chi connectivity index (χ0n) is 15.6. The minimum Gasteiger partial charge on any atom is -0.465 e. The molecular formula is C16H24N4O5S2. The summed E-state index contributed by atoms with van der Waals surface area (Å²) in [4.78, 5) is 42.0. The van der Waals surface area contributed by atoms with E-state index < -0.39 is 29.1 Å². The molecule has 0 spiro atoms. The Labute approximate surface area is 167 Å². The van der Waals surface area contributed by atoms with Gasteiger partial charge in [0, 0.05) is 5.38 Å². The molecule has 2 unspecified atom stereocenters. The standard InChI is InChI=1S/C16H24N4O5S2/c1-5-24-13(23)12(17-7-11(22)25-16(2,3)4)9-8-27-15(19-9)20-10(21)6-18-14(20)26/h8,12,14,17-18,26H,5-7H2,1-4H3. The van der Waals surface area contributed by atoms with E-state index in [4.69, 9.17) is 9.47 Å². The first-order valence-electron chi connectivity index (χ1n) is 8.43. The van der Waals surface area contributed by atoms with Crippen LogP contribution in [0.4, 0.5) is 5.13 Å². The monoisotopic (exact) mass is 416 g/mol. The van der Waals surface area contributed by atoms with E-state index >= 15 is 0 Å². The normalized spacial score (nSPS) is 18.5. The van der Waals surface area contributed by atoms with E-state index in [1.54, 1.807) is 33.1 Å². The van der Waals surface area contributed by atoms with Crippen molar-refractivity contribution in [1.29, 1.82) is 0 Å². The second kappa shape index (κ2) is 9.00. The van der Waals surface area contributed by atoms with E-state index in [0.717, 1.165) is 0 Å². The van der Waals surface area contributed by atoms with E-state index in [1.165, 1.54) is 16.2 Å². The predicted octanol–water partition coefficient (Wildman–Crippen LogP) is 0.828. The lowest BCUT2D eigenvalue weighted by Gasteiger charge is -2.21. The van der Waals surface area contributed by atoms with Crippen LogP contribution in [0.15, 0.2) is 5.38 Å². The molecule has 0 saturated carbocycles. The van der Waals surface area contributed by atoms with Crippen LogP contribution in [0.2, 0.25) is 0 Å². The highest BCUT2D eigenvalue weighted by atomic mass is 32.1. The van der Waals surface area contributed by atoms with Gasteiger partial charge in [0.15, 0.2) is 5.13 Å². The Bertz CT molecular complexity index is 703. The fourth-order valence-corrected chi connectivity index (χ4v) is 3.62. The molecule has 0 radical (unpaired) electrons. The number of nitrogens with zero attached hydrogens (tertiary/aromatic N) is 2. The Morgan fingerprint density at radius 1 is 1.52 bits per heavy atom. The van der Waals surface area contributed by atoms with Gasteiger partial charge < -0.3 is 9.47 Å². The molecule has 2 rings (SSSR count). The minimum absolute atomic E-state index is 0.162.